The Bertz CT molecular complexity index is 994. The molecule has 0 saturated heterocycles. The highest BCUT2D eigenvalue weighted by Gasteiger charge is 2.23. The first-order chi connectivity index (χ1) is 13.3. The molecule has 0 spiro atoms. The minimum absolute atomic E-state index is 0.0547. The van der Waals surface area contributed by atoms with Crippen molar-refractivity contribution < 1.29 is 4.92 Å². The van der Waals surface area contributed by atoms with Gasteiger partial charge in [-0.3, -0.25) is 10.1 Å². The molecule has 6 nitrogen and oxygen atoms in total. The quantitative estimate of drug-likeness (QED) is 0.434. The fourth-order valence-corrected chi connectivity index (χ4v) is 3.36. The minimum Gasteiger partial charge on any atom is -0.375 e. The van der Waals surface area contributed by atoms with Gasteiger partial charge < -0.3 is 10.6 Å². The molecule has 0 radical (unpaired) electrons. The summed E-state index contributed by atoms with van der Waals surface area (Å²) in [6, 6.07) is 15.6. The molecule has 0 amide bonds. The number of aromatic nitrogens is 1. The van der Waals surface area contributed by atoms with Gasteiger partial charge >= 0.3 is 5.69 Å². The van der Waals surface area contributed by atoms with Gasteiger partial charge in [0.05, 0.1) is 4.92 Å². The van der Waals surface area contributed by atoms with Crippen molar-refractivity contribution >= 4 is 22.9 Å². The Labute approximate surface area is 164 Å². The summed E-state index contributed by atoms with van der Waals surface area (Å²) >= 11 is 0. The molecule has 1 heterocycles. The third kappa shape index (κ3) is 4.28. The Balaban J connectivity index is 1.99. The second kappa shape index (κ2) is 8.08. The van der Waals surface area contributed by atoms with Crippen LogP contribution in [0.15, 0.2) is 48.5 Å². The molecule has 1 aromatic heterocycles. The molecule has 6 heteroatoms. The van der Waals surface area contributed by atoms with Gasteiger partial charge in [0.25, 0.3) is 0 Å². The molecule has 144 valence electrons. The number of rotatable bonds is 6. The average Bonchev–Trinajstić information content (AvgIpc) is 2.63. The van der Waals surface area contributed by atoms with E-state index >= 15 is 0 Å². The van der Waals surface area contributed by atoms with Gasteiger partial charge in [-0.25, -0.2) is 4.98 Å². The zero-order chi connectivity index (χ0) is 20.3. The van der Waals surface area contributed by atoms with E-state index in [1.807, 2.05) is 70.2 Å². The summed E-state index contributed by atoms with van der Waals surface area (Å²) in [6.45, 7) is 8.32. The molecule has 3 aromatic rings. The molecular weight excluding hydrogens is 352 g/mol. The maximum absolute atomic E-state index is 11.9. The fourth-order valence-electron chi connectivity index (χ4n) is 3.36. The lowest BCUT2D eigenvalue weighted by molar-refractivity contribution is -0.383. The maximum Gasteiger partial charge on any atom is 0.334 e. The Morgan fingerprint density at radius 2 is 1.64 bits per heavy atom. The van der Waals surface area contributed by atoms with Crippen LogP contribution < -0.4 is 10.6 Å². The van der Waals surface area contributed by atoms with Gasteiger partial charge in [0, 0.05) is 17.9 Å². The van der Waals surface area contributed by atoms with Crippen molar-refractivity contribution in [1.82, 2.24) is 4.98 Å². The summed E-state index contributed by atoms with van der Waals surface area (Å²) in [5, 5.41) is 18.3. The van der Waals surface area contributed by atoms with Gasteiger partial charge in [-0.2, -0.15) is 0 Å². The molecule has 0 aliphatic carbocycles. The second-order valence-electron chi connectivity index (χ2n) is 7.00. The van der Waals surface area contributed by atoms with E-state index in [0.29, 0.717) is 17.9 Å². The van der Waals surface area contributed by atoms with Gasteiger partial charge in [-0.1, -0.05) is 48.0 Å². The van der Waals surface area contributed by atoms with E-state index in [1.54, 1.807) is 6.07 Å². The Kier molecular flexibility index (Phi) is 5.59. The largest absolute Gasteiger partial charge is 0.375 e. The van der Waals surface area contributed by atoms with Crippen molar-refractivity contribution in [2.45, 2.75) is 34.2 Å². The van der Waals surface area contributed by atoms with Crippen molar-refractivity contribution in [2.24, 2.45) is 0 Å². The highest BCUT2D eigenvalue weighted by atomic mass is 16.6. The Morgan fingerprint density at radius 1 is 1.00 bits per heavy atom. The minimum atomic E-state index is -0.388. The van der Waals surface area contributed by atoms with Crippen molar-refractivity contribution in [1.29, 1.82) is 0 Å². The number of benzene rings is 2. The third-order valence-electron chi connectivity index (χ3n) is 4.55. The summed E-state index contributed by atoms with van der Waals surface area (Å²) in [4.78, 5) is 15.9. The average molecular weight is 376 g/mol. The maximum atomic E-state index is 11.9. The number of hydrogen-bond donors (Lipinski definition) is 2. The molecular formula is C22H24N4O2. The molecule has 0 saturated carbocycles. The molecule has 28 heavy (non-hydrogen) atoms. The van der Waals surface area contributed by atoms with Crippen LogP contribution in [0, 0.1) is 37.8 Å². The molecule has 3 rings (SSSR count). The van der Waals surface area contributed by atoms with Crippen LogP contribution in [0.2, 0.25) is 0 Å². The van der Waals surface area contributed by atoms with Gasteiger partial charge in [0.1, 0.15) is 5.69 Å². The fraction of sp³-hybridized carbons (Fsp3) is 0.227. The zero-order valence-corrected chi connectivity index (χ0v) is 16.5. The first-order valence-corrected chi connectivity index (χ1v) is 9.14. The van der Waals surface area contributed by atoms with Crippen LogP contribution in [0.25, 0.3) is 0 Å². The highest BCUT2D eigenvalue weighted by molar-refractivity contribution is 5.78. The summed E-state index contributed by atoms with van der Waals surface area (Å²) in [7, 11) is 0. The molecule has 0 unspecified atom stereocenters. The van der Waals surface area contributed by atoms with Crippen LogP contribution in [-0.4, -0.2) is 9.91 Å². The molecule has 0 fully saturated rings. The predicted octanol–water partition coefficient (Wildman–Crippen LogP) is 5.58. The topological polar surface area (TPSA) is 80.1 Å². The lowest BCUT2D eigenvalue weighted by atomic mass is 10.0. The van der Waals surface area contributed by atoms with Gasteiger partial charge in [-0.05, 0) is 50.5 Å². The molecule has 2 aromatic carbocycles. The summed E-state index contributed by atoms with van der Waals surface area (Å²) in [5.41, 5.74) is 6.19. The monoisotopic (exact) mass is 376 g/mol. The molecule has 0 atom stereocenters. The number of nitrogens with zero attached hydrogens (tertiary/aromatic N) is 2. The van der Waals surface area contributed by atoms with Crippen molar-refractivity contribution in [2.75, 3.05) is 10.6 Å². The third-order valence-corrected chi connectivity index (χ3v) is 4.55. The second-order valence-corrected chi connectivity index (χ2v) is 7.00. The van der Waals surface area contributed by atoms with Crippen LogP contribution >= 0.6 is 0 Å². The normalized spacial score (nSPS) is 10.6. The first-order valence-electron chi connectivity index (χ1n) is 9.14. The number of nitro groups is 1. The summed E-state index contributed by atoms with van der Waals surface area (Å²) in [6.07, 6.45) is 0. The number of pyridine rings is 1. The highest BCUT2D eigenvalue weighted by Crippen LogP contribution is 2.36. The van der Waals surface area contributed by atoms with Crippen LogP contribution in [0.3, 0.4) is 0 Å². The van der Waals surface area contributed by atoms with E-state index in [1.165, 1.54) is 0 Å². The smallest absolute Gasteiger partial charge is 0.334 e. The SMILES string of the molecule is Cc1cc(C)c(Nc2nc(C)cc(NCc3ccccc3)c2[N+](=O)[O-])c(C)c1. The van der Waals surface area contributed by atoms with Gasteiger partial charge in [0.15, 0.2) is 0 Å². The number of hydrogen-bond acceptors (Lipinski definition) is 5. The molecule has 0 aliphatic heterocycles. The number of nitrogens with one attached hydrogen (secondary N) is 2. The summed E-state index contributed by atoms with van der Waals surface area (Å²) in [5.74, 6) is 0.246. The van der Waals surface area contributed by atoms with Crippen LogP contribution in [0.4, 0.5) is 22.9 Å². The summed E-state index contributed by atoms with van der Waals surface area (Å²) < 4.78 is 0. The Morgan fingerprint density at radius 3 is 2.25 bits per heavy atom. The standard InChI is InChI=1S/C22H24N4O2/c1-14-10-15(2)20(16(3)11-14)25-22-21(26(27)28)19(12-17(4)24-22)23-13-18-8-6-5-7-9-18/h5-12H,13H2,1-4H3,(H2,23,24,25). The molecule has 0 aliphatic rings. The first kappa shape index (κ1) is 19.4. The molecule has 0 bridgehead atoms. The van der Waals surface area contributed by atoms with Gasteiger partial charge in [0.2, 0.25) is 5.82 Å². The van der Waals surface area contributed by atoms with Crippen LogP contribution in [0.1, 0.15) is 27.9 Å². The van der Waals surface area contributed by atoms with E-state index in [2.05, 4.69) is 15.6 Å². The van der Waals surface area contributed by atoms with Crippen molar-refractivity contribution in [3.63, 3.8) is 0 Å². The van der Waals surface area contributed by atoms with Crippen molar-refractivity contribution in [3.8, 4) is 0 Å². The number of anilines is 3. The van der Waals surface area contributed by atoms with Crippen LogP contribution in [-0.2, 0) is 6.54 Å². The predicted molar refractivity (Wildman–Crippen MR) is 113 cm³/mol. The van der Waals surface area contributed by atoms with E-state index in [0.717, 1.165) is 27.9 Å². The lowest BCUT2D eigenvalue weighted by Crippen LogP contribution is -2.08. The van der Waals surface area contributed by atoms with Gasteiger partial charge in [-0.15, -0.1) is 0 Å². The Hall–Kier alpha value is -3.41. The van der Waals surface area contributed by atoms with E-state index < -0.39 is 0 Å². The number of aryl methyl sites for hydroxylation is 4. The zero-order valence-electron chi connectivity index (χ0n) is 16.5. The van der Waals surface area contributed by atoms with E-state index in [9.17, 15) is 10.1 Å². The van der Waals surface area contributed by atoms with E-state index in [4.69, 9.17) is 0 Å². The van der Waals surface area contributed by atoms with Crippen molar-refractivity contribution in [3.05, 3.63) is 86.6 Å². The van der Waals surface area contributed by atoms with Crippen LogP contribution in [0.5, 0.6) is 0 Å². The van der Waals surface area contributed by atoms with E-state index in [-0.39, 0.29) is 16.4 Å². The molecule has 2 N–H and O–H groups in total. The lowest BCUT2D eigenvalue weighted by Gasteiger charge is -2.16.